The molecule has 0 radical (unpaired) electrons. The number of hydrogen-bond donors (Lipinski definition) is 3. The van der Waals surface area contributed by atoms with E-state index in [1.165, 1.54) is 68.7 Å². The Morgan fingerprint density at radius 2 is 1.44 bits per heavy atom. The van der Waals surface area contributed by atoms with Gasteiger partial charge in [-0.05, 0) is 37.5 Å². The number of carboxylic acid groups (broad SMARTS) is 1. The average molecular weight is 498 g/mol. The van der Waals surface area contributed by atoms with Gasteiger partial charge < -0.3 is 15.5 Å². The lowest BCUT2D eigenvalue weighted by molar-refractivity contribution is -0.141. The van der Waals surface area contributed by atoms with E-state index >= 15 is 0 Å². The van der Waals surface area contributed by atoms with Gasteiger partial charge in [0.1, 0.15) is 6.04 Å². The van der Waals surface area contributed by atoms with Crippen LogP contribution >= 0.6 is 11.8 Å². The van der Waals surface area contributed by atoms with Gasteiger partial charge in [0.15, 0.2) is 0 Å². The molecule has 5 nitrogen and oxygen atoms in total. The Balaban J connectivity index is 3.99. The summed E-state index contributed by atoms with van der Waals surface area (Å²) in [7, 11) is 0. The maximum absolute atomic E-state index is 11.8. The molecule has 1 amide bonds. The number of amides is 1. The number of nitrogens with one attached hydrogen (secondary N) is 1. The van der Waals surface area contributed by atoms with Gasteiger partial charge in [-0.25, -0.2) is 4.79 Å². The maximum Gasteiger partial charge on any atom is 0.327 e. The summed E-state index contributed by atoms with van der Waals surface area (Å²) in [4.78, 5) is 23.2. The molecule has 0 bridgehead atoms. The molecule has 0 saturated heterocycles. The number of aliphatic carboxylic acids is 1. The van der Waals surface area contributed by atoms with Gasteiger partial charge in [-0.1, -0.05) is 90.9 Å². The maximum atomic E-state index is 11.8. The van der Waals surface area contributed by atoms with Crippen molar-refractivity contribution >= 4 is 23.6 Å². The van der Waals surface area contributed by atoms with E-state index in [4.69, 9.17) is 5.11 Å². The van der Waals surface area contributed by atoms with Crippen LogP contribution in [-0.2, 0) is 9.59 Å². The third kappa shape index (κ3) is 20.0. The van der Waals surface area contributed by atoms with E-state index in [2.05, 4.69) is 52.6 Å². The number of thioether (sulfide) groups is 1. The number of allylic oxidation sites excluding steroid dienone is 2. The molecule has 0 aliphatic carbocycles. The van der Waals surface area contributed by atoms with Crippen molar-refractivity contribution in [1.29, 1.82) is 0 Å². The van der Waals surface area contributed by atoms with Crippen LogP contribution < -0.4 is 5.32 Å². The second kappa shape index (κ2) is 19.8. The third-order valence-corrected chi connectivity index (χ3v) is 7.22. The molecule has 0 heterocycles. The largest absolute Gasteiger partial charge is 0.513 e. The Kier molecular flexibility index (Phi) is 19.0. The van der Waals surface area contributed by atoms with Crippen molar-refractivity contribution in [2.24, 2.45) is 17.8 Å². The highest BCUT2D eigenvalue weighted by Gasteiger charge is 2.19. The molecule has 0 aromatic rings. The van der Waals surface area contributed by atoms with Gasteiger partial charge >= 0.3 is 5.97 Å². The van der Waals surface area contributed by atoms with E-state index in [0.29, 0.717) is 5.75 Å². The molecule has 0 spiro atoms. The fourth-order valence-corrected chi connectivity index (χ4v) is 4.90. The highest BCUT2D eigenvalue weighted by atomic mass is 32.2. The van der Waals surface area contributed by atoms with Crippen molar-refractivity contribution in [3.05, 3.63) is 24.0 Å². The van der Waals surface area contributed by atoms with Gasteiger partial charge in [0.05, 0.1) is 5.76 Å². The van der Waals surface area contributed by atoms with Crippen LogP contribution in [-0.4, -0.2) is 39.6 Å². The summed E-state index contributed by atoms with van der Waals surface area (Å²) < 4.78 is 0. The summed E-state index contributed by atoms with van der Waals surface area (Å²) in [5, 5.41) is 20.9. The first-order chi connectivity index (χ1) is 16.0. The molecule has 3 N–H and O–H groups in total. The predicted molar refractivity (Wildman–Crippen MR) is 146 cm³/mol. The minimum absolute atomic E-state index is 0.0402. The Bertz CT molecular complexity index is 618. The minimum Gasteiger partial charge on any atom is -0.513 e. The molecular weight excluding hydrogens is 446 g/mol. The summed E-state index contributed by atoms with van der Waals surface area (Å²) in [5.74, 6) is 2.00. The van der Waals surface area contributed by atoms with E-state index in [0.717, 1.165) is 29.9 Å². The number of carbonyl (C=O) groups is 2. The highest BCUT2D eigenvalue weighted by Crippen LogP contribution is 2.22. The molecule has 6 heteroatoms. The zero-order valence-corrected chi connectivity index (χ0v) is 23.2. The van der Waals surface area contributed by atoms with Crippen molar-refractivity contribution in [2.45, 2.75) is 111 Å². The molecular formula is C28H51NO4S. The van der Waals surface area contributed by atoms with Gasteiger partial charge in [-0.15, -0.1) is 0 Å². The van der Waals surface area contributed by atoms with Crippen molar-refractivity contribution in [2.75, 3.05) is 11.5 Å². The monoisotopic (exact) mass is 497 g/mol. The molecule has 0 aromatic carbocycles. The van der Waals surface area contributed by atoms with Gasteiger partial charge in [0.25, 0.3) is 0 Å². The fourth-order valence-electron chi connectivity index (χ4n) is 3.90. The number of aliphatic hydroxyl groups is 1. The highest BCUT2D eigenvalue weighted by molar-refractivity contribution is 7.99. The number of carboxylic acids is 1. The smallest absolute Gasteiger partial charge is 0.327 e. The van der Waals surface area contributed by atoms with Crippen LogP contribution in [0.1, 0.15) is 105 Å². The van der Waals surface area contributed by atoms with Crippen molar-refractivity contribution < 1.29 is 19.8 Å². The Hall–Kier alpha value is -1.43. The molecule has 3 atom stereocenters. The molecule has 0 rings (SSSR count). The quantitative estimate of drug-likeness (QED) is 0.0867. The van der Waals surface area contributed by atoms with Gasteiger partial charge in [-0.2, -0.15) is 11.8 Å². The first-order valence-corrected chi connectivity index (χ1v) is 14.3. The molecule has 0 fully saturated rings. The van der Waals surface area contributed by atoms with Crippen LogP contribution in [0.15, 0.2) is 24.0 Å². The first kappa shape index (κ1) is 32.6. The number of carbonyl (C=O) groups excluding carboxylic acids is 1. The number of aliphatic hydroxyl groups excluding tert-OH is 1. The van der Waals surface area contributed by atoms with Gasteiger partial charge in [0, 0.05) is 24.3 Å². The normalized spacial score (nSPS) is 14.6. The SMILES string of the molecule is C=C(O)CCC(=O)NC(CSC/C=C(\C)CCCC(C)CCCC(C)CCCC(C)C)C(=O)O. The van der Waals surface area contributed by atoms with E-state index < -0.39 is 12.0 Å². The van der Waals surface area contributed by atoms with Crippen LogP contribution in [0.3, 0.4) is 0 Å². The minimum atomic E-state index is -1.04. The molecule has 0 aliphatic heterocycles. The number of hydrogen-bond acceptors (Lipinski definition) is 4. The van der Waals surface area contributed by atoms with Crippen LogP contribution in [0, 0.1) is 17.8 Å². The van der Waals surface area contributed by atoms with Gasteiger partial charge in [-0.3, -0.25) is 4.79 Å². The van der Waals surface area contributed by atoms with E-state index in [9.17, 15) is 14.7 Å². The Labute approximate surface area is 213 Å². The van der Waals surface area contributed by atoms with Gasteiger partial charge in [0.2, 0.25) is 5.91 Å². The second-order valence-electron chi connectivity index (χ2n) is 10.5. The van der Waals surface area contributed by atoms with Crippen molar-refractivity contribution in [3.63, 3.8) is 0 Å². The Morgan fingerprint density at radius 1 is 0.882 bits per heavy atom. The summed E-state index contributed by atoms with van der Waals surface area (Å²) in [5.41, 5.74) is 1.34. The van der Waals surface area contributed by atoms with Crippen molar-refractivity contribution in [1.82, 2.24) is 5.32 Å². The molecule has 34 heavy (non-hydrogen) atoms. The van der Waals surface area contributed by atoms with Crippen LogP contribution in [0.4, 0.5) is 0 Å². The van der Waals surface area contributed by atoms with Crippen LogP contribution in [0.5, 0.6) is 0 Å². The van der Waals surface area contributed by atoms with E-state index in [1.54, 1.807) is 0 Å². The lowest BCUT2D eigenvalue weighted by atomic mass is 9.91. The summed E-state index contributed by atoms with van der Waals surface area (Å²) >= 11 is 1.51. The second-order valence-corrected chi connectivity index (χ2v) is 11.5. The first-order valence-electron chi connectivity index (χ1n) is 13.1. The predicted octanol–water partition coefficient (Wildman–Crippen LogP) is 7.53. The molecule has 198 valence electrons. The zero-order valence-electron chi connectivity index (χ0n) is 22.4. The lowest BCUT2D eigenvalue weighted by Gasteiger charge is -2.15. The Morgan fingerprint density at radius 3 is 1.97 bits per heavy atom. The summed E-state index contributed by atoms with van der Waals surface area (Å²) in [6.45, 7) is 14.9. The fraction of sp³-hybridized carbons (Fsp3) is 0.786. The average Bonchev–Trinajstić information content (AvgIpc) is 2.73. The molecule has 0 aromatic heterocycles. The molecule has 0 saturated carbocycles. The van der Waals surface area contributed by atoms with E-state index in [-0.39, 0.29) is 24.5 Å². The van der Waals surface area contributed by atoms with Crippen LogP contribution in [0.25, 0.3) is 0 Å². The zero-order chi connectivity index (χ0) is 25.9. The molecule has 3 unspecified atom stereocenters. The standard InChI is InChI=1S/C28H51NO4S/c1-21(2)10-7-11-22(3)12-8-13-23(4)14-9-15-24(5)18-19-34-20-26(28(32)33)29-27(31)17-16-25(6)30/h18,21-23,26,30H,6-17,19-20H2,1-5H3,(H,29,31)(H,32,33)/b24-18+. The third-order valence-electron chi connectivity index (χ3n) is 6.25. The summed E-state index contributed by atoms with van der Waals surface area (Å²) in [6.07, 6.45) is 14.0. The molecule has 0 aliphatic rings. The van der Waals surface area contributed by atoms with E-state index in [1.807, 2.05) is 0 Å². The lowest BCUT2D eigenvalue weighted by Crippen LogP contribution is -2.42. The topological polar surface area (TPSA) is 86.6 Å². The number of rotatable bonds is 21. The van der Waals surface area contributed by atoms with Crippen LogP contribution in [0.2, 0.25) is 0 Å². The van der Waals surface area contributed by atoms with Crippen molar-refractivity contribution in [3.8, 4) is 0 Å². The summed E-state index contributed by atoms with van der Waals surface area (Å²) in [6, 6.07) is -0.920.